The lowest BCUT2D eigenvalue weighted by Crippen LogP contribution is -2.41. The molecule has 2 aliphatic heterocycles. The fraction of sp³-hybridized carbons (Fsp3) is 0.381. The van der Waals surface area contributed by atoms with E-state index in [-0.39, 0.29) is 5.91 Å². The zero-order valence-electron chi connectivity index (χ0n) is 15.1. The van der Waals surface area contributed by atoms with Crippen molar-refractivity contribution in [1.82, 2.24) is 9.80 Å². The average molecular weight is 352 g/mol. The van der Waals surface area contributed by atoms with E-state index >= 15 is 0 Å². The number of benzene rings is 2. The van der Waals surface area contributed by atoms with Gasteiger partial charge in [0.05, 0.1) is 6.54 Å². The minimum Gasteiger partial charge on any atom is -0.486 e. The predicted octanol–water partition coefficient (Wildman–Crippen LogP) is 2.47. The first-order chi connectivity index (χ1) is 12.7. The number of hydrogen-bond acceptors (Lipinski definition) is 4. The molecule has 2 aromatic carbocycles. The van der Waals surface area contributed by atoms with Gasteiger partial charge in [0.25, 0.3) is 0 Å². The number of hydrogen-bond donors (Lipinski definition) is 0. The lowest BCUT2D eigenvalue weighted by molar-refractivity contribution is -0.133. The van der Waals surface area contributed by atoms with E-state index in [2.05, 4.69) is 18.2 Å². The van der Waals surface area contributed by atoms with Gasteiger partial charge in [0.1, 0.15) is 13.2 Å². The van der Waals surface area contributed by atoms with Crippen LogP contribution in [0, 0.1) is 0 Å². The Morgan fingerprint density at radius 1 is 1.08 bits per heavy atom. The molecule has 0 aromatic heterocycles. The number of nitrogens with zero attached hydrogens (tertiary/aromatic N) is 2. The molecule has 0 saturated heterocycles. The van der Waals surface area contributed by atoms with E-state index in [1.807, 2.05) is 41.1 Å². The molecule has 0 atom stereocenters. The van der Waals surface area contributed by atoms with Gasteiger partial charge >= 0.3 is 0 Å². The number of rotatable bonds is 4. The second-order valence-electron chi connectivity index (χ2n) is 6.98. The Morgan fingerprint density at radius 2 is 1.85 bits per heavy atom. The van der Waals surface area contributed by atoms with Gasteiger partial charge in [0.15, 0.2) is 11.5 Å². The smallest absolute Gasteiger partial charge is 0.237 e. The molecular formula is C21H24N2O3. The van der Waals surface area contributed by atoms with E-state index in [4.69, 9.17) is 9.47 Å². The molecule has 136 valence electrons. The summed E-state index contributed by atoms with van der Waals surface area (Å²) in [6.45, 7) is 3.81. The Labute approximate surface area is 154 Å². The van der Waals surface area contributed by atoms with Crippen molar-refractivity contribution in [3.63, 3.8) is 0 Å². The van der Waals surface area contributed by atoms with Crippen LogP contribution in [0.5, 0.6) is 11.5 Å². The van der Waals surface area contributed by atoms with Crippen molar-refractivity contribution < 1.29 is 14.3 Å². The summed E-state index contributed by atoms with van der Waals surface area (Å²) < 4.78 is 11.2. The summed E-state index contributed by atoms with van der Waals surface area (Å²) in [5.74, 6) is 1.77. The van der Waals surface area contributed by atoms with E-state index in [0.29, 0.717) is 32.8 Å². The number of likely N-dealkylation sites (N-methyl/N-ethyl adjacent to an activating group) is 1. The van der Waals surface area contributed by atoms with Crippen LogP contribution in [0.15, 0.2) is 42.5 Å². The summed E-state index contributed by atoms with van der Waals surface area (Å²) in [6.07, 6.45) is 0.938. The Kier molecular flexibility index (Phi) is 4.80. The Bertz CT molecular complexity index is 806. The van der Waals surface area contributed by atoms with E-state index in [1.165, 1.54) is 11.1 Å². The Balaban J connectivity index is 1.35. The van der Waals surface area contributed by atoms with Gasteiger partial charge in [-0.05, 0) is 42.3 Å². The van der Waals surface area contributed by atoms with Crippen LogP contribution in [0.1, 0.15) is 16.7 Å². The minimum absolute atomic E-state index is 0.180. The summed E-state index contributed by atoms with van der Waals surface area (Å²) in [5.41, 5.74) is 3.75. The van der Waals surface area contributed by atoms with E-state index in [1.54, 1.807) is 0 Å². The van der Waals surface area contributed by atoms with Crippen molar-refractivity contribution in [1.29, 1.82) is 0 Å². The first-order valence-electron chi connectivity index (χ1n) is 9.11. The molecule has 2 heterocycles. The van der Waals surface area contributed by atoms with Crippen LogP contribution in [-0.4, -0.2) is 49.1 Å². The number of carbonyl (C=O) groups is 1. The molecule has 0 spiro atoms. The third kappa shape index (κ3) is 3.68. The zero-order chi connectivity index (χ0) is 17.9. The van der Waals surface area contributed by atoms with Crippen molar-refractivity contribution in [3.05, 3.63) is 59.2 Å². The highest BCUT2D eigenvalue weighted by atomic mass is 16.6. The highest BCUT2D eigenvalue weighted by molar-refractivity contribution is 5.78. The van der Waals surface area contributed by atoms with Crippen LogP contribution in [0.3, 0.4) is 0 Å². The van der Waals surface area contributed by atoms with Crippen LogP contribution >= 0.6 is 0 Å². The predicted molar refractivity (Wildman–Crippen MR) is 99.3 cm³/mol. The molecule has 0 radical (unpaired) electrons. The second kappa shape index (κ2) is 7.38. The average Bonchev–Trinajstić information content (AvgIpc) is 2.67. The SMILES string of the molecule is CN(CC(=O)N1CCc2ccccc2C1)Cc1ccc2c(c1)OCCO2. The summed E-state index contributed by atoms with van der Waals surface area (Å²) in [4.78, 5) is 16.7. The second-order valence-corrected chi connectivity index (χ2v) is 6.98. The van der Waals surface area contributed by atoms with Gasteiger partial charge in [-0.1, -0.05) is 30.3 Å². The largest absolute Gasteiger partial charge is 0.486 e. The first-order valence-corrected chi connectivity index (χ1v) is 9.11. The molecule has 0 bridgehead atoms. The van der Waals surface area contributed by atoms with Crippen molar-refractivity contribution in [2.75, 3.05) is 33.4 Å². The van der Waals surface area contributed by atoms with Gasteiger partial charge in [0, 0.05) is 19.6 Å². The van der Waals surface area contributed by atoms with Crippen molar-refractivity contribution >= 4 is 5.91 Å². The third-order valence-corrected chi connectivity index (χ3v) is 4.95. The standard InChI is InChI=1S/C21H24N2O3/c1-22(13-16-6-7-19-20(12-16)26-11-10-25-19)15-21(24)23-9-8-17-4-2-3-5-18(17)14-23/h2-7,12H,8-11,13-15H2,1H3. The van der Waals surface area contributed by atoms with E-state index in [9.17, 15) is 4.79 Å². The zero-order valence-corrected chi connectivity index (χ0v) is 15.1. The Hall–Kier alpha value is -2.53. The van der Waals surface area contributed by atoms with E-state index < -0.39 is 0 Å². The molecule has 0 N–H and O–H groups in total. The fourth-order valence-corrected chi connectivity index (χ4v) is 3.59. The van der Waals surface area contributed by atoms with Crippen molar-refractivity contribution in [2.24, 2.45) is 0 Å². The van der Waals surface area contributed by atoms with Crippen LogP contribution in [-0.2, 0) is 24.3 Å². The van der Waals surface area contributed by atoms with Crippen LogP contribution < -0.4 is 9.47 Å². The summed E-state index contributed by atoms with van der Waals surface area (Å²) in [5, 5.41) is 0. The third-order valence-electron chi connectivity index (χ3n) is 4.95. The van der Waals surface area contributed by atoms with Crippen LogP contribution in [0.25, 0.3) is 0 Å². The van der Waals surface area contributed by atoms with Crippen molar-refractivity contribution in [3.8, 4) is 11.5 Å². The van der Waals surface area contributed by atoms with Gasteiger partial charge in [-0.3, -0.25) is 9.69 Å². The number of ether oxygens (including phenoxy) is 2. The minimum atomic E-state index is 0.180. The molecule has 26 heavy (non-hydrogen) atoms. The maximum absolute atomic E-state index is 12.7. The van der Waals surface area contributed by atoms with E-state index in [0.717, 1.165) is 30.0 Å². The molecule has 4 rings (SSSR count). The summed E-state index contributed by atoms with van der Waals surface area (Å²) in [6, 6.07) is 14.4. The first kappa shape index (κ1) is 16.9. The van der Waals surface area contributed by atoms with Gasteiger partial charge in [-0.15, -0.1) is 0 Å². The maximum atomic E-state index is 12.7. The molecule has 0 aliphatic carbocycles. The highest BCUT2D eigenvalue weighted by Crippen LogP contribution is 2.31. The maximum Gasteiger partial charge on any atom is 0.237 e. The lowest BCUT2D eigenvalue weighted by Gasteiger charge is -2.30. The van der Waals surface area contributed by atoms with Crippen LogP contribution in [0.4, 0.5) is 0 Å². The van der Waals surface area contributed by atoms with Gasteiger partial charge < -0.3 is 14.4 Å². The molecule has 0 fully saturated rings. The van der Waals surface area contributed by atoms with Crippen molar-refractivity contribution in [2.45, 2.75) is 19.5 Å². The fourth-order valence-electron chi connectivity index (χ4n) is 3.59. The molecule has 2 aliphatic rings. The summed E-state index contributed by atoms with van der Waals surface area (Å²) in [7, 11) is 1.98. The molecular weight excluding hydrogens is 328 g/mol. The van der Waals surface area contributed by atoms with Crippen LogP contribution in [0.2, 0.25) is 0 Å². The number of amides is 1. The quantitative estimate of drug-likeness (QED) is 0.848. The molecule has 5 heteroatoms. The molecule has 1 amide bonds. The topological polar surface area (TPSA) is 42.0 Å². The molecule has 5 nitrogen and oxygen atoms in total. The van der Waals surface area contributed by atoms with Gasteiger partial charge in [-0.2, -0.15) is 0 Å². The Morgan fingerprint density at radius 3 is 2.69 bits per heavy atom. The number of fused-ring (bicyclic) bond motifs is 2. The van der Waals surface area contributed by atoms with Gasteiger partial charge in [0.2, 0.25) is 5.91 Å². The number of carbonyl (C=O) groups excluding carboxylic acids is 1. The summed E-state index contributed by atoms with van der Waals surface area (Å²) >= 11 is 0. The normalized spacial score (nSPS) is 15.7. The molecule has 0 saturated carbocycles. The molecule has 2 aromatic rings. The van der Waals surface area contributed by atoms with Gasteiger partial charge in [-0.25, -0.2) is 0 Å². The molecule has 0 unspecified atom stereocenters. The highest BCUT2D eigenvalue weighted by Gasteiger charge is 2.21. The monoisotopic (exact) mass is 352 g/mol. The lowest BCUT2D eigenvalue weighted by atomic mass is 10.00.